The van der Waals surface area contributed by atoms with Crippen molar-refractivity contribution in [2.75, 3.05) is 12.4 Å². The van der Waals surface area contributed by atoms with Crippen molar-refractivity contribution < 1.29 is 14.3 Å². The lowest BCUT2D eigenvalue weighted by molar-refractivity contribution is -0.111. The van der Waals surface area contributed by atoms with Gasteiger partial charge in [-0.15, -0.1) is 0 Å². The predicted molar refractivity (Wildman–Crippen MR) is 107 cm³/mol. The van der Waals surface area contributed by atoms with Gasteiger partial charge in [0.05, 0.1) is 6.10 Å². The molecule has 27 heavy (non-hydrogen) atoms. The minimum absolute atomic E-state index is 0.136. The van der Waals surface area contributed by atoms with Crippen LogP contribution in [0.5, 0.6) is 5.75 Å². The lowest BCUT2D eigenvalue weighted by Crippen LogP contribution is -2.17. The van der Waals surface area contributed by atoms with Crippen LogP contribution in [0.25, 0.3) is 6.08 Å². The van der Waals surface area contributed by atoms with E-state index in [-0.39, 0.29) is 11.8 Å². The van der Waals surface area contributed by atoms with Gasteiger partial charge in [0.2, 0.25) is 5.91 Å². The van der Waals surface area contributed by atoms with Gasteiger partial charge in [-0.1, -0.05) is 12.1 Å². The first kappa shape index (κ1) is 18.7. The van der Waals surface area contributed by atoms with E-state index in [9.17, 15) is 9.59 Å². The highest BCUT2D eigenvalue weighted by molar-refractivity contribution is 6.02. The van der Waals surface area contributed by atoms with E-state index < -0.39 is 0 Å². The van der Waals surface area contributed by atoms with Crippen LogP contribution in [-0.2, 0) is 4.79 Å². The van der Waals surface area contributed by atoms with Crippen LogP contribution in [0.1, 0.15) is 41.6 Å². The second kappa shape index (κ2) is 9.03. The van der Waals surface area contributed by atoms with E-state index in [1.54, 1.807) is 37.4 Å². The number of carbonyl (C=O) groups excluding carboxylic acids is 2. The molecule has 1 aliphatic carbocycles. The highest BCUT2D eigenvalue weighted by Gasteiger charge is 2.16. The Kier molecular flexibility index (Phi) is 6.26. The van der Waals surface area contributed by atoms with Crippen molar-refractivity contribution >= 4 is 23.6 Å². The number of benzene rings is 2. The minimum Gasteiger partial charge on any atom is -0.490 e. The maximum atomic E-state index is 12.1. The summed E-state index contributed by atoms with van der Waals surface area (Å²) in [6.07, 6.45) is 8.21. The van der Waals surface area contributed by atoms with Crippen LogP contribution in [0.15, 0.2) is 54.6 Å². The van der Waals surface area contributed by atoms with Crippen LogP contribution < -0.4 is 15.4 Å². The summed E-state index contributed by atoms with van der Waals surface area (Å²) >= 11 is 0. The number of hydrogen-bond acceptors (Lipinski definition) is 3. The summed E-state index contributed by atoms with van der Waals surface area (Å²) in [5.41, 5.74) is 2.15. The third-order valence-electron chi connectivity index (χ3n) is 4.55. The molecule has 0 aliphatic heterocycles. The number of anilines is 1. The monoisotopic (exact) mass is 364 g/mol. The molecule has 2 aromatic rings. The first-order chi connectivity index (χ1) is 13.1. The van der Waals surface area contributed by atoms with Crippen LogP contribution >= 0.6 is 0 Å². The molecular formula is C22H24N2O3. The Morgan fingerprint density at radius 3 is 2.30 bits per heavy atom. The molecule has 2 aromatic carbocycles. The maximum absolute atomic E-state index is 12.1. The van der Waals surface area contributed by atoms with Gasteiger partial charge < -0.3 is 15.4 Å². The Balaban J connectivity index is 1.52. The molecule has 0 radical (unpaired) electrons. The average Bonchev–Trinajstić information content (AvgIpc) is 3.21. The summed E-state index contributed by atoms with van der Waals surface area (Å²) in [6, 6.07) is 14.5. The van der Waals surface area contributed by atoms with E-state index >= 15 is 0 Å². The fourth-order valence-corrected chi connectivity index (χ4v) is 3.06. The fraction of sp³-hybridized carbons (Fsp3) is 0.273. The Hall–Kier alpha value is -3.08. The summed E-state index contributed by atoms with van der Waals surface area (Å²) in [5.74, 6) is 0.491. The zero-order valence-corrected chi connectivity index (χ0v) is 15.4. The number of amides is 2. The van der Waals surface area contributed by atoms with E-state index in [0.717, 1.165) is 29.8 Å². The topological polar surface area (TPSA) is 67.4 Å². The maximum Gasteiger partial charge on any atom is 0.251 e. The molecule has 0 spiro atoms. The van der Waals surface area contributed by atoms with Gasteiger partial charge in [-0.2, -0.15) is 0 Å². The molecule has 1 aliphatic rings. The molecule has 2 N–H and O–H groups in total. The SMILES string of the molecule is CNC(=O)c1ccc(/C=C/C(=O)Nc2ccc(OC3CCCC3)cc2)cc1. The molecule has 0 heterocycles. The van der Waals surface area contributed by atoms with Crippen molar-refractivity contribution in [3.8, 4) is 5.75 Å². The molecule has 1 saturated carbocycles. The lowest BCUT2D eigenvalue weighted by Gasteiger charge is -2.13. The molecule has 3 rings (SSSR count). The van der Waals surface area contributed by atoms with Crippen molar-refractivity contribution in [3.63, 3.8) is 0 Å². The quantitative estimate of drug-likeness (QED) is 0.761. The number of ether oxygens (including phenoxy) is 1. The van der Waals surface area contributed by atoms with Gasteiger partial charge in [0, 0.05) is 24.4 Å². The Morgan fingerprint density at radius 1 is 1.00 bits per heavy atom. The Bertz CT molecular complexity index is 804. The zero-order valence-electron chi connectivity index (χ0n) is 15.4. The van der Waals surface area contributed by atoms with Crippen LogP contribution in [0.2, 0.25) is 0 Å². The molecule has 1 fully saturated rings. The minimum atomic E-state index is -0.213. The van der Waals surface area contributed by atoms with Crippen LogP contribution in [0.3, 0.4) is 0 Å². The van der Waals surface area contributed by atoms with Gasteiger partial charge in [-0.3, -0.25) is 9.59 Å². The van der Waals surface area contributed by atoms with Crippen molar-refractivity contribution in [1.29, 1.82) is 0 Å². The van der Waals surface area contributed by atoms with E-state index in [2.05, 4.69) is 10.6 Å². The largest absolute Gasteiger partial charge is 0.490 e. The van der Waals surface area contributed by atoms with E-state index in [4.69, 9.17) is 4.74 Å². The van der Waals surface area contributed by atoms with Crippen LogP contribution in [0.4, 0.5) is 5.69 Å². The van der Waals surface area contributed by atoms with Crippen molar-refractivity contribution in [3.05, 3.63) is 65.7 Å². The van der Waals surface area contributed by atoms with Gasteiger partial charge >= 0.3 is 0 Å². The summed E-state index contributed by atoms with van der Waals surface area (Å²) in [6.45, 7) is 0. The molecule has 0 unspecified atom stereocenters. The smallest absolute Gasteiger partial charge is 0.251 e. The number of hydrogen-bond donors (Lipinski definition) is 2. The van der Waals surface area contributed by atoms with E-state index in [1.807, 2.05) is 24.3 Å². The van der Waals surface area contributed by atoms with E-state index in [0.29, 0.717) is 11.7 Å². The van der Waals surface area contributed by atoms with Crippen LogP contribution in [-0.4, -0.2) is 25.0 Å². The van der Waals surface area contributed by atoms with E-state index in [1.165, 1.54) is 18.9 Å². The first-order valence-corrected chi connectivity index (χ1v) is 9.22. The molecule has 0 aromatic heterocycles. The standard InChI is InChI=1S/C22H24N2O3/c1-23-22(26)17-9-6-16(7-10-17)8-15-21(25)24-18-11-13-20(14-12-18)27-19-4-2-3-5-19/h6-15,19H,2-5H2,1H3,(H,23,26)(H,24,25)/b15-8+. The Labute approximate surface area is 159 Å². The van der Waals surface area contributed by atoms with Gasteiger partial charge in [0.15, 0.2) is 0 Å². The zero-order chi connectivity index (χ0) is 19.1. The third-order valence-corrected chi connectivity index (χ3v) is 4.55. The molecule has 2 amide bonds. The number of carbonyl (C=O) groups is 2. The second-order valence-electron chi connectivity index (χ2n) is 6.57. The second-order valence-corrected chi connectivity index (χ2v) is 6.57. The summed E-state index contributed by atoms with van der Waals surface area (Å²) < 4.78 is 5.92. The molecule has 0 bridgehead atoms. The van der Waals surface area contributed by atoms with Gasteiger partial charge in [0.1, 0.15) is 5.75 Å². The van der Waals surface area contributed by atoms with Gasteiger partial charge in [-0.05, 0) is 73.7 Å². The molecular weight excluding hydrogens is 340 g/mol. The highest BCUT2D eigenvalue weighted by Crippen LogP contribution is 2.25. The van der Waals surface area contributed by atoms with Crippen molar-refractivity contribution in [2.24, 2.45) is 0 Å². The molecule has 5 nitrogen and oxygen atoms in total. The van der Waals surface area contributed by atoms with Crippen LogP contribution in [0, 0.1) is 0 Å². The van der Waals surface area contributed by atoms with Crippen molar-refractivity contribution in [2.45, 2.75) is 31.8 Å². The number of rotatable bonds is 6. The predicted octanol–water partition coefficient (Wildman–Crippen LogP) is 4.02. The fourth-order valence-electron chi connectivity index (χ4n) is 3.06. The van der Waals surface area contributed by atoms with Crippen molar-refractivity contribution in [1.82, 2.24) is 5.32 Å². The first-order valence-electron chi connectivity index (χ1n) is 9.22. The van der Waals surface area contributed by atoms with Gasteiger partial charge in [0.25, 0.3) is 5.91 Å². The molecule has 5 heteroatoms. The third kappa shape index (κ3) is 5.45. The highest BCUT2D eigenvalue weighted by atomic mass is 16.5. The average molecular weight is 364 g/mol. The summed E-state index contributed by atoms with van der Waals surface area (Å²) in [4.78, 5) is 23.6. The summed E-state index contributed by atoms with van der Waals surface area (Å²) in [7, 11) is 1.59. The molecule has 0 atom stereocenters. The summed E-state index contributed by atoms with van der Waals surface area (Å²) in [5, 5.41) is 5.40. The molecule has 0 saturated heterocycles. The number of nitrogens with one attached hydrogen (secondary N) is 2. The Morgan fingerprint density at radius 2 is 1.67 bits per heavy atom. The molecule has 140 valence electrons. The lowest BCUT2D eigenvalue weighted by atomic mass is 10.1. The normalized spacial score (nSPS) is 14.3. The van der Waals surface area contributed by atoms with Gasteiger partial charge in [-0.25, -0.2) is 0 Å².